The molecule has 1 fully saturated rings. The van der Waals surface area contributed by atoms with Crippen LogP contribution in [0.2, 0.25) is 0 Å². The van der Waals surface area contributed by atoms with Gasteiger partial charge in [0, 0.05) is 6.04 Å². The number of anilines is 2. The van der Waals surface area contributed by atoms with Gasteiger partial charge in [-0.1, -0.05) is 12.1 Å². The Morgan fingerprint density at radius 1 is 1.39 bits per heavy atom. The zero-order chi connectivity index (χ0) is 13.2. The van der Waals surface area contributed by atoms with Crippen LogP contribution < -0.4 is 14.8 Å². The summed E-state index contributed by atoms with van der Waals surface area (Å²) < 4.78 is 28.0. The van der Waals surface area contributed by atoms with E-state index in [2.05, 4.69) is 4.72 Å². The van der Waals surface area contributed by atoms with Crippen molar-refractivity contribution in [1.29, 1.82) is 0 Å². The van der Waals surface area contributed by atoms with Crippen LogP contribution in [0.15, 0.2) is 24.3 Å². The molecular weight excluding hydrogens is 254 g/mol. The molecule has 1 aromatic rings. The molecule has 0 aromatic heterocycles. The molecule has 2 rings (SSSR count). The highest BCUT2D eigenvalue weighted by molar-refractivity contribution is 7.90. The minimum absolute atomic E-state index is 0.0149. The summed E-state index contributed by atoms with van der Waals surface area (Å²) in [5.41, 5.74) is 6.54. The highest BCUT2D eigenvalue weighted by Gasteiger charge is 2.31. The van der Waals surface area contributed by atoms with Crippen LogP contribution in [-0.4, -0.2) is 32.7 Å². The predicted octanol–water partition coefficient (Wildman–Crippen LogP) is 0.0643. The summed E-state index contributed by atoms with van der Waals surface area (Å²) in [5, 5.41) is 9.03. The molecule has 0 heterocycles. The molecule has 0 atom stereocenters. The lowest BCUT2D eigenvalue weighted by atomic mass is 10.3. The number of nitrogens with one attached hydrogen (secondary N) is 1. The molecule has 0 radical (unpaired) electrons. The van der Waals surface area contributed by atoms with Gasteiger partial charge in [-0.2, -0.15) is 13.1 Å². The second-order valence-corrected chi connectivity index (χ2v) is 5.88. The number of para-hydroxylation sites is 2. The zero-order valence-electron chi connectivity index (χ0n) is 9.91. The van der Waals surface area contributed by atoms with E-state index in [4.69, 9.17) is 10.8 Å². The van der Waals surface area contributed by atoms with Gasteiger partial charge in [0.25, 0.3) is 0 Å². The maximum Gasteiger partial charge on any atom is 0.301 e. The average Bonchev–Trinajstić information content (AvgIpc) is 3.10. The third-order valence-corrected chi connectivity index (χ3v) is 4.28. The molecule has 100 valence electrons. The van der Waals surface area contributed by atoms with Crippen LogP contribution in [0.3, 0.4) is 0 Å². The Bertz CT molecular complexity index is 514. The molecule has 7 heteroatoms. The Hall–Kier alpha value is -1.31. The van der Waals surface area contributed by atoms with E-state index in [-0.39, 0.29) is 19.2 Å². The quantitative estimate of drug-likeness (QED) is 0.638. The van der Waals surface area contributed by atoms with Crippen molar-refractivity contribution < 1.29 is 13.5 Å². The van der Waals surface area contributed by atoms with Crippen LogP contribution in [0.25, 0.3) is 0 Å². The Morgan fingerprint density at radius 3 is 2.61 bits per heavy atom. The van der Waals surface area contributed by atoms with Crippen molar-refractivity contribution in [1.82, 2.24) is 4.72 Å². The van der Waals surface area contributed by atoms with E-state index in [0.29, 0.717) is 11.4 Å². The molecule has 6 nitrogen and oxygen atoms in total. The van der Waals surface area contributed by atoms with Crippen molar-refractivity contribution in [3.63, 3.8) is 0 Å². The van der Waals surface area contributed by atoms with Crippen molar-refractivity contribution in [2.45, 2.75) is 18.9 Å². The minimum atomic E-state index is -3.65. The first-order chi connectivity index (χ1) is 8.54. The smallest absolute Gasteiger partial charge is 0.301 e. The standard InChI is InChI=1S/C11H17N3O3S/c12-10-3-1-2-4-11(10)14(7-8-15)18(16,17)13-9-5-6-9/h1-4,9,13,15H,5-8,12H2. The number of aliphatic hydroxyl groups is 1. The van der Waals surface area contributed by atoms with Crippen LogP contribution in [0.4, 0.5) is 11.4 Å². The van der Waals surface area contributed by atoms with E-state index in [1.54, 1.807) is 24.3 Å². The summed E-state index contributed by atoms with van der Waals surface area (Å²) in [6.45, 7) is -0.282. The van der Waals surface area contributed by atoms with Crippen LogP contribution in [-0.2, 0) is 10.2 Å². The van der Waals surface area contributed by atoms with Gasteiger partial charge in [0.15, 0.2) is 0 Å². The molecule has 1 aliphatic carbocycles. The molecular formula is C11H17N3O3S. The molecule has 1 saturated carbocycles. The monoisotopic (exact) mass is 271 g/mol. The molecule has 0 spiro atoms. The van der Waals surface area contributed by atoms with Crippen molar-refractivity contribution in [3.8, 4) is 0 Å². The fourth-order valence-corrected chi connectivity index (χ4v) is 3.18. The zero-order valence-corrected chi connectivity index (χ0v) is 10.7. The lowest BCUT2D eigenvalue weighted by molar-refractivity contribution is 0.306. The van der Waals surface area contributed by atoms with Crippen LogP contribution in [0, 0.1) is 0 Å². The van der Waals surface area contributed by atoms with E-state index in [1.807, 2.05) is 0 Å². The van der Waals surface area contributed by atoms with Gasteiger partial charge in [0.2, 0.25) is 0 Å². The lowest BCUT2D eigenvalue weighted by Gasteiger charge is -2.24. The van der Waals surface area contributed by atoms with Gasteiger partial charge in [0.05, 0.1) is 24.5 Å². The first-order valence-corrected chi connectivity index (χ1v) is 7.24. The molecule has 0 unspecified atom stereocenters. The largest absolute Gasteiger partial charge is 0.397 e. The van der Waals surface area contributed by atoms with Gasteiger partial charge in [-0.15, -0.1) is 0 Å². The van der Waals surface area contributed by atoms with Crippen LogP contribution in [0.1, 0.15) is 12.8 Å². The van der Waals surface area contributed by atoms with E-state index >= 15 is 0 Å². The summed E-state index contributed by atoms with van der Waals surface area (Å²) >= 11 is 0. The molecule has 4 N–H and O–H groups in total. The van der Waals surface area contributed by atoms with Gasteiger partial charge in [0.1, 0.15) is 0 Å². The molecule has 18 heavy (non-hydrogen) atoms. The van der Waals surface area contributed by atoms with Crippen LogP contribution in [0.5, 0.6) is 0 Å². The Morgan fingerprint density at radius 2 is 2.06 bits per heavy atom. The van der Waals surface area contributed by atoms with Gasteiger partial charge >= 0.3 is 10.2 Å². The predicted molar refractivity (Wildman–Crippen MR) is 70.4 cm³/mol. The molecule has 0 saturated heterocycles. The summed E-state index contributed by atoms with van der Waals surface area (Å²) in [6.07, 6.45) is 1.72. The summed E-state index contributed by atoms with van der Waals surface area (Å²) in [7, 11) is -3.65. The van der Waals surface area contributed by atoms with Gasteiger partial charge < -0.3 is 10.8 Å². The number of nitrogen functional groups attached to an aromatic ring is 1. The Kier molecular flexibility index (Phi) is 3.74. The highest BCUT2D eigenvalue weighted by atomic mass is 32.2. The minimum Gasteiger partial charge on any atom is -0.397 e. The summed E-state index contributed by atoms with van der Waals surface area (Å²) in [6, 6.07) is 6.71. The number of benzene rings is 1. The van der Waals surface area contributed by atoms with E-state index in [0.717, 1.165) is 17.1 Å². The Labute approximate surface area is 107 Å². The normalized spacial score (nSPS) is 15.6. The number of hydrogen-bond donors (Lipinski definition) is 3. The van der Waals surface area contributed by atoms with Crippen molar-refractivity contribution in [2.75, 3.05) is 23.2 Å². The highest BCUT2D eigenvalue weighted by Crippen LogP contribution is 2.26. The molecule has 1 aromatic carbocycles. The van der Waals surface area contributed by atoms with Gasteiger partial charge in [-0.3, -0.25) is 4.31 Å². The van der Waals surface area contributed by atoms with Crippen molar-refractivity contribution >= 4 is 21.6 Å². The molecule has 0 aliphatic heterocycles. The second kappa shape index (κ2) is 5.13. The van der Waals surface area contributed by atoms with Crippen molar-refractivity contribution in [3.05, 3.63) is 24.3 Å². The fourth-order valence-electron chi connectivity index (χ4n) is 1.65. The fraction of sp³-hybridized carbons (Fsp3) is 0.455. The number of nitrogens with zero attached hydrogens (tertiary/aromatic N) is 1. The summed E-state index contributed by atoms with van der Waals surface area (Å²) in [5.74, 6) is 0. The van der Waals surface area contributed by atoms with E-state index in [9.17, 15) is 8.42 Å². The number of hydrogen-bond acceptors (Lipinski definition) is 4. The molecule has 1 aliphatic rings. The average molecular weight is 271 g/mol. The SMILES string of the molecule is Nc1ccccc1N(CCO)S(=O)(=O)NC1CC1. The molecule has 0 bridgehead atoms. The summed E-state index contributed by atoms with van der Waals surface area (Å²) in [4.78, 5) is 0. The third kappa shape index (κ3) is 2.92. The lowest BCUT2D eigenvalue weighted by Crippen LogP contribution is -2.43. The van der Waals surface area contributed by atoms with E-state index in [1.165, 1.54) is 0 Å². The maximum absolute atomic E-state index is 12.2. The number of nitrogens with two attached hydrogens (primary N) is 1. The number of rotatable bonds is 6. The third-order valence-electron chi connectivity index (χ3n) is 2.69. The Balaban J connectivity index is 2.30. The maximum atomic E-state index is 12.2. The first kappa shape index (κ1) is 13.1. The molecule has 0 amide bonds. The van der Waals surface area contributed by atoms with Crippen molar-refractivity contribution in [2.24, 2.45) is 0 Å². The van der Waals surface area contributed by atoms with Crippen LogP contribution >= 0.6 is 0 Å². The first-order valence-electron chi connectivity index (χ1n) is 5.80. The van der Waals surface area contributed by atoms with Gasteiger partial charge in [-0.05, 0) is 25.0 Å². The second-order valence-electron chi connectivity index (χ2n) is 4.25. The topological polar surface area (TPSA) is 95.7 Å². The van der Waals surface area contributed by atoms with E-state index < -0.39 is 10.2 Å². The van der Waals surface area contributed by atoms with Gasteiger partial charge in [-0.25, -0.2) is 0 Å². The number of aliphatic hydroxyl groups excluding tert-OH is 1.